The van der Waals surface area contributed by atoms with Crippen LogP contribution in [0.2, 0.25) is 0 Å². The van der Waals surface area contributed by atoms with Crippen LogP contribution < -0.4 is 10.7 Å². The lowest BCUT2D eigenvalue weighted by atomic mass is 10.0. The summed E-state index contributed by atoms with van der Waals surface area (Å²) in [6.07, 6.45) is -3.16. The van der Waals surface area contributed by atoms with E-state index in [1.807, 2.05) is 10.3 Å². The van der Waals surface area contributed by atoms with Crippen LogP contribution in [0.4, 0.5) is 22.0 Å². The Labute approximate surface area is 147 Å². The maximum Gasteiger partial charge on any atom is 0.432 e. The molecule has 1 fully saturated rings. The number of pyridine rings is 1. The van der Waals surface area contributed by atoms with Gasteiger partial charge in [0.15, 0.2) is 0 Å². The molecule has 1 aromatic heterocycles. The van der Waals surface area contributed by atoms with Crippen molar-refractivity contribution in [3.63, 3.8) is 0 Å². The molecule has 2 rings (SSSR count). The van der Waals surface area contributed by atoms with Gasteiger partial charge >= 0.3 is 6.18 Å². The fourth-order valence-corrected chi connectivity index (χ4v) is 2.51. The first-order valence-electron chi connectivity index (χ1n) is 7.85. The van der Waals surface area contributed by atoms with Crippen molar-refractivity contribution in [3.05, 3.63) is 30.1 Å². The molecule has 1 saturated heterocycles. The topological polar surface area (TPSA) is 60.5 Å². The second kappa shape index (κ2) is 7.41. The van der Waals surface area contributed by atoms with Gasteiger partial charge in [-0.05, 0) is 19.2 Å². The summed E-state index contributed by atoms with van der Waals surface area (Å²) in [5.74, 6) is -5.65. The Hall–Kier alpha value is -1.85. The van der Waals surface area contributed by atoms with Crippen molar-refractivity contribution in [1.82, 2.24) is 25.6 Å². The number of alkyl halides is 5. The van der Waals surface area contributed by atoms with Crippen LogP contribution in [0.1, 0.15) is 17.3 Å². The largest absolute Gasteiger partial charge is 0.432 e. The fourth-order valence-electron chi connectivity index (χ4n) is 2.51. The summed E-state index contributed by atoms with van der Waals surface area (Å²) in [6, 6.07) is 2.51. The SMILES string of the molecule is CN1CCN(NC(NC(=O)c2cccnc2)(C(C)(F)F)C(F)(F)F)CC1. The van der Waals surface area contributed by atoms with E-state index in [-0.39, 0.29) is 25.6 Å². The van der Waals surface area contributed by atoms with Crippen LogP contribution in [0.25, 0.3) is 0 Å². The molecule has 1 aliphatic rings. The third-order valence-electron chi connectivity index (χ3n) is 4.14. The normalized spacial score (nSPS) is 19.8. The van der Waals surface area contributed by atoms with Gasteiger partial charge in [-0.2, -0.15) is 13.2 Å². The lowest BCUT2D eigenvalue weighted by Gasteiger charge is -2.45. The zero-order valence-corrected chi connectivity index (χ0v) is 14.3. The third kappa shape index (κ3) is 4.27. The summed E-state index contributed by atoms with van der Waals surface area (Å²) >= 11 is 0. The van der Waals surface area contributed by atoms with Crippen LogP contribution in [0.5, 0.6) is 0 Å². The third-order valence-corrected chi connectivity index (χ3v) is 4.14. The van der Waals surface area contributed by atoms with Crippen molar-refractivity contribution in [1.29, 1.82) is 0 Å². The Balaban J connectivity index is 2.35. The minimum atomic E-state index is -5.47. The first-order valence-corrected chi connectivity index (χ1v) is 7.85. The van der Waals surface area contributed by atoms with Crippen molar-refractivity contribution in [2.24, 2.45) is 0 Å². The number of carbonyl (C=O) groups is 1. The van der Waals surface area contributed by atoms with Crippen LogP contribution in [-0.2, 0) is 0 Å². The number of likely N-dealkylation sites (N-methyl/N-ethyl adjacent to an activating group) is 1. The van der Waals surface area contributed by atoms with Gasteiger partial charge in [-0.1, -0.05) is 0 Å². The summed E-state index contributed by atoms with van der Waals surface area (Å²) in [6.45, 7) is 1.09. The van der Waals surface area contributed by atoms with Crippen LogP contribution >= 0.6 is 0 Å². The zero-order chi connectivity index (χ0) is 19.6. The average molecular weight is 381 g/mol. The maximum absolute atomic E-state index is 14.2. The molecule has 1 unspecified atom stereocenters. The van der Waals surface area contributed by atoms with Gasteiger partial charge in [0, 0.05) is 45.5 Å². The van der Waals surface area contributed by atoms with Gasteiger partial charge in [-0.3, -0.25) is 9.78 Å². The van der Waals surface area contributed by atoms with E-state index < -0.39 is 23.7 Å². The minimum absolute atomic E-state index is 0.0904. The van der Waals surface area contributed by atoms with E-state index in [1.165, 1.54) is 23.6 Å². The molecule has 1 aliphatic heterocycles. The van der Waals surface area contributed by atoms with Gasteiger partial charge in [0.05, 0.1) is 5.56 Å². The molecular weight excluding hydrogens is 361 g/mol. The number of rotatable bonds is 5. The molecule has 1 atom stereocenters. The van der Waals surface area contributed by atoms with Crippen molar-refractivity contribution in [3.8, 4) is 0 Å². The highest BCUT2D eigenvalue weighted by Crippen LogP contribution is 2.40. The number of piperazine rings is 1. The van der Waals surface area contributed by atoms with Crippen molar-refractivity contribution in [2.45, 2.75) is 24.7 Å². The first kappa shape index (κ1) is 20.5. The predicted molar refractivity (Wildman–Crippen MR) is 83.3 cm³/mol. The monoisotopic (exact) mass is 381 g/mol. The number of hydrazine groups is 1. The van der Waals surface area contributed by atoms with E-state index in [9.17, 15) is 26.7 Å². The molecule has 146 valence electrons. The zero-order valence-electron chi connectivity index (χ0n) is 14.3. The number of amides is 1. The predicted octanol–water partition coefficient (Wildman–Crippen LogP) is 1.48. The highest BCUT2D eigenvalue weighted by atomic mass is 19.4. The second-order valence-electron chi connectivity index (χ2n) is 6.23. The molecule has 0 aromatic carbocycles. The molecule has 0 bridgehead atoms. The maximum atomic E-state index is 14.2. The highest BCUT2D eigenvalue weighted by Gasteiger charge is 2.69. The summed E-state index contributed by atoms with van der Waals surface area (Å²) in [5.41, 5.74) is -2.36. The molecule has 0 aliphatic carbocycles. The van der Waals surface area contributed by atoms with Gasteiger partial charge in [0.25, 0.3) is 17.5 Å². The summed E-state index contributed by atoms with van der Waals surface area (Å²) < 4.78 is 69.7. The quantitative estimate of drug-likeness (QED) is 0.598. The number of nitrogens with zero attached hydrogens (tertiary/aromatic N) is 3. The minimum Gasteiger partial charge on any atom is -0.320 e. The second-order valence-corrected chi connectivity index (χ2v) is 6.23. The van der Waals surface area contributed by atoms with Crippen molar-refractivity contribution >= 4 is 5.91 Å². The Morgan fingerprint density at radius 1 is 1.15 bits per heavy atom. The fraction of sp³-hybridized carbons (Fsp3) is 0.600. The van der Waals surface area contributed by atoms with E-state index in [4.69, 9.17) is 0 Å². The Bertz CT molecular complexity index is 597. The summed E-state index contributed by atoms with van der Waals surface area (Å²) in [4.78, 5) is 17.7. The average Bonchev–Trinajstić information content (AvgIpc) is 2.54. The number of aromatic nitrogens is 1. The molecule has 2 heterocycles. The van der Waals surface area contributed by atoms with Crippen LogP contribution in [0.15, 0.2) is 24.5 Å². The van der Waals surface area contributed by atoms with Gasteiger partial charge in [-0.25, -0.2) is 19.2 Å². The number of nitrogens with one attached hydrogen (secondary N) is 2. The number of hydrogen-bond donors (Lipinski definition) is 2. The lowest BCUT2D eigenvalue weighted by molar-refractivity contribution is -0.283. The molecule has 0 saturated carbocycles. The van der Waals surface area contributed by atoms with Crippen LogP contribution in [0.3, 0.4) is 0 Å². The van der Waals surface area contributed by atoms with E-state index in [2.05, 4.69) is 4.98 Å². The molecule has 2 N–H and O–H groups in total. The standard InChI is InChI=1S/C15H20F5N5O/c1-13(16,17)14(15(18,19)20,23-25-8-6-24(2)7-9-25)22-12(26)11-4-3-5-21-10-11/h3-5,10,23H,6-9H2,1-2H3,(H,22,26). The van der Waals surface area contributed by atoms with Crippen molar-refractivity contribution in [2.75, 3.05) is 33.2 Å². The number of carbonyl (C=O) groups excluding carboxylic acids is 1. The molecule has 0 radical (unpaired) electrons. The van der Waals surface area contributed by atoms with E-state index in [1.54, 1.807) is 7.05 Å². The Morgan fingerprint density at radius 3 is 2.23 bits per heavy atom. The molecule has 11 heteroatoms. The molecular formula is C15H20F5N5O. The first-order chi connectivity index (χ1) is 12.0. The van der Waals surface area contributed by atoms with E-state index in [0.717, 1.165) is 11.2 Å². The van der Waals surface area contributed by atoms with E-state index >= 15 is 0 Å². The van der Waals surface area contributed by atoms with Crippen LogP contribution in [0, 0.1) is 0 Å². The van der Waals surface area contributed by atoms with E-state index in [0.29, 0.717) is 13.1 Å². The van der Waals surface area contributed by atoms with Gasteiger partial charge in [0.2, 0.25) is 0 Å². The summed E-state index contributed by atoms with van der Waals surface area (Å²) in [7, 11) is 1.77. The molecule has 26 heavy (non-hydrogen) atoms. The highest BCUT2D eigenvalue weighted by molar-refractivity contribution is 5.94. The molecule has 1 aromatic rings. The molecule has 0 spiro atoms. The Kier molecular flexibility index (Phi) is 5.83. The smallest absolute Gasteiger partial charge is 0.320 e. The van der Waals surface area contributed by atoms with Gasteiger partial charge in [-0.15, -0.1) is 0 Å². The summed E-state index contributed by atoms with van der Waals surface area (Å²) in [5, 5.41) is 2.51. The van der Waals surface area contributed by atoms with Crippen LogP contribution in [-0.4, -0.2) is 71.8 Å². The number of halogens is 5. The Morgan fingerprint density at radius 2 is 1.77 bits per heavy atom. The van der Waals surface area contributed by atoms with Gasteiger partial charge in [0.1, 0.15) is 0 Å². The molecule has 1 amide bonds. The van der Waals surface area contributed by atoms with Gasteiger partial charge < -0.3 is 10.2 Å². The number of hydrogen-bond acceptors (Lipinski definition) is 5. The van der Waals surface area contributed by atoms with Crippen molar-refractivity contribution < 1.29 is 26.7 Å². The lowest BCUT2D eigenvalue weighted by Crippen LogP contribution is -2.79. The molecule has 6 nitrogen and oxygen atoms in total.